The summed E-state index contributed by atoms with van der Waals surface area (Å²) in [6.07, 6.45) is 0. The van der Waals surface area contributed by atoms with Crippen LogP contribution in [-0.2, 0) is 11.3 Å². The van der Waals surface area contributed by atoms with Gasteiger partial charge >= 0.3 is 0 Å². The molecule has 0 N–H and O–H groups in total. The Kier molecular flexibility index (Phi) is 3.78. The van der Waals surface area contributed by atoms with E-state index in [4.69, 9.17) is 4.74 Å². The molecule has 0 radical (unpaired) electrons. The number of nitrogens with zero attached hydrogens (tertiary/aromatic N) is 1. The van der Waals surface area contributed by atoms with E-state index in [1.165, 1.54) is 5.56 Å². The molecular formula is C12H16BrNO. The molecule has 0 spiro atoms. The predicted molar refractivity (Wildman–Crippen MR) is 64.8 cm³/mol. The molecule has 1 heterocycles. The lowest BCUT2D eigenvalue weighted by Crippen LogP contribution is -2.42. The fourth-order valence-electron chi connectivity index (χ4n) is 1.82. The van der Waals surface area contributed by atoms with E-state index in [9.17, 15) is 0 Å². The van der Waals surface area contributed by atoms with E-state index in [0.717, 1.165) is 30.8 Å². The zero-order valence-corrected chi connectivity index (χ0v) is 10.5. The molecule has 1 fully saturated rings. The number of morpholine rings is 1. The third-order valence-electron chi connectivity index (χ3n) is 2.80. The van der Waals surface area contributed by atoms with E-state index in [0.29, 0.717) is 6.04 Å². The molecule has 0 aromatic heterocycles. The van der Waals surface area contributed by atoms with E-state index in [1.807, 2.05) is 0 Å². The van der Waals surface area contributed by atoms with Crippen LogP contribution in [-0.4, -0.2) is 30.7 Å². The average molecular weight is 270 g/mol. The van der Waals surface area contributed by atoms with Gasteiger partial charge in [-0.1, -0.05) is 28.1 Å². The molecule has 0 bridgehead atoms. The Hall–Kier alpha value is -0.380. The second-order valence-corrected chi connectivity index (χ2v) is 4.94. The number of hydrogen-bond acceptors (Lipinski definition) is 2. The zero-order chi connectivity index (χ0) is 10.7. The Bertz CT molecular complexity index is 312. The van der Waals surface area contributed by atoms with Crippen LogP contribution in [0.3, 0.4) is 0 Å². The molecule has 0 aliphatic carbocycles. The Balaban J connectivity index is 1.98. The van der Waals surface area contributed by atoms with Crippen molar-refractivity contribution in [1.29, 1.82) is 0 Å². The van der Waals surface area contributed by atoms with Crippen LogP contribution in [0.25, 0.3) is 0 Å². The van der Waals surface area contributed by atoms with Crippen molar-refractivity contribution in [2.75, 3.05) is 19.8 Å². The van der Waals surface area contributed by atoms with Crippen LogP contribution < -0.4 is 0 Å². The first-order valence-electron chi connectivity index (χ1n) is 5.32. The molecule has 1 atom stereocenters. The maximum Gasteiger partial charge on any atom is 0.0619 e. The van der Waals surface area contributed by atoms with Crippen LogP contribution in [0.5, 0.6) is 0 Å². The number of rotatable bonds is 2. The van der Waals surface area contributed by atoms with E-state index in [1.54, 1.807) is 0 Å². The van der Waals surface area contributed by atoms with Crippen molar-refractivity contribution in [1.82, 2.24) is 4.90 Å². The van der Waals surface area contributed by atoms with Gasteiger partial charge < -0.3 is 4.74 Å². The summed E-state index contributed by atoms with van der Waals surface area (Å²) in [4.78, 5) is 2.47. The van der Waals surface area contributed by atoms with Crippen LogP contribution in [0.4, 0.5) is 0 Å². The van der Waals surface area contributed by atoms with E-state index in [-0.39, 0.29) is 0 Å². The Morgan fingerprint density at radius 3 is 2.80 bits per heavy atom. The molecule has 0 saturated carbocycles. The first-order valence-corrected chi connectivity index (χ1v) is 6.11. The Morgan fingerprint density at radius 2 is 2.13 bits per heavy atom. The summed E-state index contributed by atoms with van der Waals surface area (Å²) in [6, 6.07) is 9.07. The first kappa shape index (κ1) is 11.1. The van der Waals surface area contributed by atoms with E-state index >= 15 is 0 Å². The summed E-state index contributed by atoms with van der Waals surface area (Å²) in [5.41, 5.74) is 1.37. The lowest BCUT2D eigenvalue weighted by molar-refractivity contribution is -0.00436. The monoisotopic (exact) mass is 269 g/mol. The summed E-state index contributed by atoms with van der Waals surface area (Å²) in [6.45, 7) is 6.00. The minimum Gasteiger partial charge on any atom is -0.379 e. The molecule has 2 nitrogen and oxygen atoms in total. The van der Waals surface area contributed by atoms with Gasteiger partial charge in [-0.2, -0.15) is 0 Å². The molecule has 2 rings (SSSR count). The number of benzene rings is 1. The molecule has 1 aromatic carbocycles. The largest absolute Gasteiger partial charge is 0.379 e. The van der Waals surface area contributed by atoms with Gasteiger partial charge in [0.15, 0.2) is 0 Å². The molecule has 1 saturated heterocycles. The topological polar surface area (TPSA) is 12.5 Å². The van der Waals surface area contributed by atoms with E-state index in [2.05, 4.69) is 52.0 Å². The second-order valence-electron chi connectivity index (χ2n) is 4.02. The van der Waals surface area contributed by atoms with Crippen molar-refractivity contribution in [2.24, 2.45) is 0 Å². The maximum absolute atomic E-state index is 5.42. The van der Waals surface area contributed by atoms with Gasteiger partial charge in [0.2, 0.25) is 0 Å². The van der Waals surface area contributed by atoms with Crippen molar-refractivity contribution >= 4 is 15.9 Å². The third-order valence-corrected chi connectivity index (χ3v) is 3.33. The molecule has 82 valence electrons. The van der Waals surface area contributed by atoms with Gasteiger partial charge in [0.25, 0.3) is 0 Å². The molecule has 15 heavy (non-hydrogen) atoms. The van der Waals surface area contributed by atoms with Crippen molar-refractivity contribution in [3.8, 4) is 0 Å². The van der Waals surface area contributed by atoms with Gasteiger partial charge in [-0.15, -0.1) is 0 Å². The van der Waals surface area contributed by atoms with Crippen molar-refractivity contribution < 1.29 is 4.74 Å². The van der Waals surface area contributed by atoms with Crippen LogP contribution in [0, 0.1) is 0 Å². The van der Waals surface area contributed by atoms with E-state index < -0.39 is 0 Å². The minimum atomic E-state index is 0.530. The van der Waals surface area contributed by atoms with Gasteiger partial charge in [-0.25, -0.2) is 0 Å². The normalized spacial score (nSPS) is 22.9. The number of halogens is 1. The van der Waals surface area contributed by atoms with Gasteiger partial charge in [0.05, 0.1) is 13.2 Å². The molecule has 1 aliphatic heterocycles. The Labute approximate surface area is 99.4 Å². The molecule has 3 heteroatoms. The zero-order valence-electron chi connectivity index (χ0n) is 8.95. The van der Waals surface area contributed by atoms with Gasteiger partial charge in [-0.05, 0) is 24.6 Å². The first-order chi connectivity index (χ1) is 7.25. The van der Waals surface area contributed by atoms with Crippen LogP contribution in [0.2, 0.25) is 0 Å². The highest BCUT2D eigenvalue weighted by molar-refractivity contribution is 9.10. The van der Waals surface area contributed by atoms with Gasteiger partial charge in [0.1, 0.15) is 0 Å². The summed E-state index contributed by atoms with van der Waals surface area (Å²) >= 11 is 3.45. The lowest BCUT2D eigenvalue weighted by atomic mass is 10.1. The second kappa shape index (κ2) is 5.10. The molecule has 1 aliphatic rings. The standard InChI is InChI=1S/C12H16BrNO/c1-10-9-15-7-6-14(10)8-11-2-4-12(13)5-3-11/h2-5,10H,6-9H2,1H3. The minimum absolute atomic E-state index is 0.530. The lowest BCUT2D eigenvalue weighted by Gasteiger charge is -2.33. The number of hydrogen-bond donors (Lipinski definition) is 0. The predicted octanol–water partition coefficient (Wildman–Crippen LogP) is 2.67. The smallest absolute Gasteiger partial charge is 0.0619 e. The average Bonchev–Trinajstić information content (AvgIpc) is 2.25. The SMILES string of the molecule is CC1COCCN1Cc1ccc(Br)cc1. The number of ether oxygens (including phenoxy) is 1. The third kappa shape index (κ3) is 3.03. The summed E-state index contributed by atoms with van der Waals surface area (Å²) in [5.74, 6) is 0. The highest BCUT2D eigenvalue weighted by atomic mass is 79.9. The summed E-state index contributed by atoms with van der Waals surface area (Å²) in [7, 11) is 0. The van der Waals surface area contributed by atoms with Crippen molar-refractivity contribution in [2.45, 2.75) is 19.5 Å². The van der Waals surface area contributed by atoms with Crippen LogP contribution in [0.15, 0.2) is 28.7 Å². The van der Waals surface area contributed by atoms with Crippen molar-refractivity contribution in [3.05, 3.63) is 34.3 Å². The highest BCUT2D eigenvalue weighted by Crippen LogP contribution is 2.15. The molecule has 1 unspecified atom stereocenters. The summed E-state index contributed by atoms with van der Waals surface area (Å²) < 4.78 is 6.56. The fraction of sp³-hybridized carbons (Fsp3) is 0.500. The Morgan fingerprint density at radius 1 is 1.40 bits per heavy atom. The maximum atomic E-state index is 5.42. The van der Waals surface area contributed by atoms with Gasteiger partial charge in [0, 0.05) is 23.6 Å². The quantitative estimate of drug-likeness (QED) is 0.819. The highest BCUT2D eigenvalue weighted by Gasteiger charge is 2.18. The van der Waals surface area contributed by atoms with Crippen LogP contribution >= 0.6 is 15.9 Å². The van der Waals surface area contributed by atoms with Crippen molar-refractivity contribution in [3.63, 3.8) is 0 Å². The van der Waals surface area contributed by atoms with Crippen LogP contribution in [0.1, 0.15) is 12.5 Å². The molecular weight excluding hydrogens is 254 g/mol. The molecule has 0 amide bonds. The fourth-order valence-corrected chi connectivity index (χ4v) is 2.09. The van der Waals surface area contributed by atoms with Gasteiger partial charge in [-0.3, -0.25) is 4.90 Å². The molecule has 1 aromatic rings. The summed E-state index contributed by atoms with van der Waals surface area (Å²) in [5, 5.41) is 0.